The van der Waals surface area contributed by atoms with Crippen LogP contribution in [0.5, 0.6) is 0 Å². The fraction of sp³-hybridized carbons (Fsp3) is 1.00. The van der Waals surface area contributed by atoms with E-state index < -0.39 is 18.3 Å². The van der Waals surface area contributed by atoms with Crippen LogP contribution < -0.4 is 11.1 Å². The van der Waals surface area contributed by atoms with E-state index in [2.05, 4.69) is 5.32 Å². The molecule has 0 aliphatic heterocycles. The van der Waals surface area contributed by atoms with Gasteiger partial charge in [0.25, 0.3) is 0 Å². The lowest BCUT2D eigenvalue weighted by Gasteiger charge is -2.22. The molecule has 2 atom stereocenters. The monoisotopic (exact) mass is 190 g/mol. The lowest BCUT2D eigenvalue weighted by Crippen LogP contribution is -2.47. The molecule has 11 heavy (non-hydrogen) atoms. The largest absolute Gasteiger partial charge is 0.394 e. The number of halogens is 4. The van der Waals surface area contributed by atoms with E-state index in [1.54, 1.807) is 0 Å². The fourth-order valence-corrected chi connectivity index (χ4v) is 0.648. The van der Waals surface area contributed by atoms with Crippen molar-refractivity contribution in [1.82, 2.24) is 5.32 Å². The van der Waals surface area contributed by atoms with E-state index in [4.69, 9.17) is 17.3 Å². The average molecular weight is 191 g/mol. The minimum Gasteiger partial charge on any atom is -0.315 e. The van der Waals surface area contributed by atoms with Crippen LogP contribution in [-0.2, 0) is 0 Å². The van der Waals surface area contributed by atoms with E-state index in [9.17, 15) is 13.2 Å². The maximum Gasteiger partial charge on any atom is 0.394 e. The highest BCUT2D eigenvalue weighted by atomic mass is 35.5. The summed E-state index contributed by atoms with van der Waals surface area (Å²) >= 11 is 5.13. The Bertz CT molecular complexity index is 117. The Kier molecular flexibility index (Phi) is 4.13. The summed E-state index contributed by atoms with van der Waals surface area (Å²) < 4.78 is 35.6. The van der Waals surface area contributed by atoms with Crippen LogP contribution in [0.4, 0.5) is 13.2 Å². The number of hydrogen-bond donors (Lipinski definition) is 2. The summed E-state index contributed by atoms with van der Waals surface area (Å²) in [5, 5.41) is 2.27. The fourth-order valence-electron chi connectivity index (χ4n) is 0.469. The minimum absolute atomic E-state index is 0.0818. The van der Waals surface area contributed by atoms with Crippen LogP contribution in [0.15, 0.2) is 0 Å². The summed E-state index contributed by atoms with van der Waals surface area (Å²) in [5.41, 5.74) is 5.10. The molecule has 0 spiro atoms. The average Bonchev–Trinajstić information content (AvgIpc) is 1.85. The van der Waals surface area contributed by atoms with Gasteiger partial charge in [-0.1, -0.05) is 6.92 Å². The van der Waals surface area contributed by atoms with Gasteiger partial charge in [0.2, 0.25) is 0 Å². The quantitative estimate of drug-likeness (QED) is 0.400. The van der Waals surface area contributed by atoms with Gasteiger partial charge in [0.1, 0.15) is 0 Å². The van der Waals surface area contributed by atoms with Gasteiger partial charge in [-0.05, 0) is 0 Å². The summed E-state index contributed by atoms with van der Waals surface area (Å²) in [4.78, 5) is 0. The molecule has 0 bridgehead atoms. The van der Waals surface area contributed by atoms with Crippen LogP contribution in [0.2, 0.25) is 0 Å². The molecule has 0 heterocycles. The van der Waals surface area contributed by atoms with Gasteiger partial charge in [0.15, 0.2) is 0 Å². The van der Waals surface area contributed by atoms with Gasteiger partial charge < -0.3 is 5.73 Å². The van der Waals surface area contributed by atoms with Crippen molar-refractivity contribution in [1.29, 1.82) is 0 Å². The Hall–Kier alpha value is -0.0000000000000000555. The summed E-state index contributed by atoms with van der Waals surface area (Å²) in [6.45, 7) is 1.00. The summed E-state index contributed by atoms with van der Waals surface area (Å²) in [6.07, 6.45) is -5.40. The first kappa shape index (κ1) is 11.0. The summed E-state index contributed by atoms with van der Waals surface area (Å²) in [7, 11) is 0. The predicted octanol–water partition coefficient (Wildman–Crippen LogP) is 1.26. The van der Waals surface area contributed by atoms with Gasteiger partial charge in [-0.15, -0.1) is 11.6 Å². The molecule has 0 radical (unpaired) electrons. The second-order valence-electron chi connectivity index (χ2n) is 2.19. The predicted molar refractivity (Wildman–Crippen MR) is 37.1 cm³/mol. The molecule has 0 aromatic heterocycles. The van der Waals surface area contributed by atoms with Gasteiger partial charge in [-0.25, -0.2) is 0 Å². The standard InChI is InChI=1S/C5H10ClF3N2/c1-3(5(7,8)9)4(10)11-2-6/h3-4,11H,2,10H2,1H3/t3-,4?/m1/s1. The first-order valence-corrected chi connectivity index (χ1v) is 3.54. The lowest BCUT2D eigenvalue weighted by atomic mass is 10.1. The van der Waals surface area contributed by atoms with Crippen LogP contribution in [0.1, 0.15) is 6.92 Å². The smallest absolute Gasteiger partial charge is 0.315 e. The molecule has 3 N–H and O–H groups in total. The van der Waals surface area contributed by atoms with Crippen molar-refractivity contribution in [2.24, 2.45) is 11.7 Å². The third-order valence-corrected chi connectivity index (χ3v) is 1.52. The molecule has 0 rings (SSSR count). The Morgan fingerprint density at radius 3 is 2.27 bits per heavy atom. The SMILES string of the molecule is C[C@H](C(N)NCCl)C(F)(F)F. The van der Waals surface area contributed by atoms with E-state index in [-0.39, 0.29) is 6.00 Å². The van der Waals surface area contributed by atoms with Crippen molar-refractivity contribution in [3.8, 4) is 0 Å². The van der Waals surface area contributed by atoms with E-state index >= 15 is 0 Å². The third-order valence-electron chi connectivity index (χ3n) is 1.37. The molecule has 0 aliphatic rings. The highest BCUT2D eigenvalue weighted by Gasteiger charge is 2.39. The van der Waals surface area contributed by atoms with Crippen LogP contribution in [0.3, 0.4) is 0 Å². The Morgan fingerprint density at radius 1 is 1.55 bits per heavy atom. The van der Waals surface area contributed by atoms with Crippen molar-refractivity contribution < 1.29 is 13.2 Å². The second kappa shape index (κ2) is 4.13. The van der Waals surface area contributed by atoms with Crippen molar-refractivity contribution in [3.63, 3.8) is 0 Å². The summed E-state index contributed by atoms with van der Waals surface area (Å²) in [5.74, 6) is -1.58. The van der Waals surface area contributed by atoms with Crippen molar-refractivity contribution in [3.05, 3.63) is 0 Å². The molecule has 0 saturated carbocycles. The maximum atomic E-state index is 11.9. The zero-order valence-corrected chi connectivity index (χ0v) is 6.71. The normalized spacial score (nSPS) is 18.0. The molecular weight excluding hydrogens is 181 g/mol. The van der Waals surface area contributed by atoms with Crippen LogP contribution in [0, 0.1) is 5.92 Å². The Labute approximate surface area is 67.9 Å². The van der Waals surface area contributed by atoms with Crippen molar-refractivity contribution >= 4 is 11.6 Å². The van der Waals surface area contributed by atoms with Crippen LogP contribution >= 0.6 is 11.6 Å². The van der Waals surface area contributed by atoms with Gasteiger partial charge >= 0.3 is 6.18 Å². The molecule has 0 aromatic rings. The first-order chi connectivity index (χ1) is 4.89. The molecule has 68 valence electrons. The molecular formula is C5H10ClF3N2. The maximum absolute atomic E-state index is 11.9. The highest BCUT2D eigenvalue weighted by Crippen LogP contribution is 2.26. The number of hydrogen-bond acceptors (Lipinski definition) is 2. The zero-order valence-electron chi connectivity index (χ0n) is 5.95. The van der Waals surface area contributed by atoms with E-state index in [0.717, 1.165) is 6.92 Å². The molecule has 0 amide bonds. The van der Waals surface area contributed by atoms with Gasteiger partial charge in [0, 0.05) is 0 Å². The third kappa shape index (κ3) is 3.79. The molecule has 0 fully saturated rings. The van der Waals surface area contributed by atoms with Gasteiger partial charge in [-0.2, -0.15) is 13.2 Å². The second-order valence-corrected chi connectivity index (χ2v) is 2.46. The molecule has 6 heteroatoms. The van der Waals surface area contributed by atoms with E-state index in [0.29, 0.717) is 0 Å². The Morgan fingerprint density at radius 2 is 2.00 bits per heavy atom. The van der Waals surface area contributed by atoms with Gasteiger partial charge in [0.05, 0.1) is 18.1 Å². The molecule has 1 unspecified atom stereocenters. The van der Waals surface area contributed by atoms with Crippen LogP contribution in [-0.4, -0.2) is 18.3 Å². The number of rotatable bonds is 3. The molecule has 2 nitrogen and oxygen atoms in total. The number of nitrogens with one attached hydrogen (secondary N) is 1. The minimum atomic E-state index is -4.27. The lowest BCUT2D eigenvalue weighted by molar-refractivity contribution is -0.176. The molecule has 0 saturated heterocycles. The number of alkyl halides is 4. The number of nitrogens with two attached hydrogens (primary N) is 1. The van der Waals surface area contributed by atoms with Crippen molar-refractivity contribution in [2.75, 3.05) is 6.00 Å². The molecule has 0 aromatic carbocycles. The topological polar surface area (TPSA) is 38.0 Å². The summed E-state index contributed by atoms with van der Waals surface area (Å²) in [6, 6.07) is -0.0818. The van der Waals surface area contributed by atoms with E-state index in [1.807, 2.05) is 0 Å². The highest BCUT2D eigenvalue weighted by molar-refractivity contribution is 6.17. The molecule has 0 aliphatic carbocycles. The van der Waals surface area contributed by atoms with Crippen molar-refractivity contribution in [2.45, 2.75) is 19.3 Å². The Balaban J connectivity index is 3.91. The van der Waals surface area contributed by atoms with Crippen LogP contribution in [0.25, 0.3) is 0 Å². The first-order valence-electron chi connectivity index (χ1n) is 3.01. The van der Waals surface area contributed by atoms with Gasteiger partial charge in [-0.3, -0.25) is 5.32 Å². The zero-order chi connectivity index (χ0) is 9.07. The van der Waals surface area contributed by atoms with E-state index in [1.165, 1.54) is 0 Å².